The molecule has 1 saturated heterocycles. The Kier molecular flexibility index (Phi) is 6.45. The number of hydrogen-bond acceptors (Lipinski definition) is 4. The van der Waals surface area contributed by atoms with Crippen molar-refractivity contribution in [2.24, 2.45) is 11.8 Å². The molecule has 1 N–H and O–H groups in total. The molecular formula is C18H32N2O3. The standard InChI is InChI=1S/C18H32N2O3/c1-4-23-17(22)12-18(2,3)19-13-15-7-9-20(10-8-15)16(21)11-14-5-6-14/h14-15,19H,4-13H2,1-3H3. The van der Waals surface area contributed by atoms with Gasteiger partial charge in [0, 0.05) is 25.0 Å². The van der Waals surface area contributed by atoms with Gasteiger partial charge in [-0.3, -0.25) is 9.59 Å². The van der Waals surface area contributed by atoms with Gasteiger partial charge >= 0.3 is 5.97 Å². The van der Waals surface area contributed by atoms with E-state index in [9.17, 15) is 9.59 Å². The van der Waals surface area contributed by atoms with Crippen LogP contribution in [-0.4, -0.2) is 48.6 Å². The Morgan fingerprint density at radius 3 is 2.35 bits per heavy atom. The number of rotatable bonds is 8. The van der Waals surface area contributed by atoms with E-state index in [0.29, 0.717) is 30.8 Å². The maximum Gasteiger partial charge on any atom is 0.307 e. The van der Waals surface area contributed by atoms with Crippen molar-refractivity contribution in [3.05, 3.63) is 0 Å². The summed E-state index contributed by atoms with van der Waals surface area (Å²) in [5.41, 5.74) is -0.245. The Balaban J connectivity index is 1.65. The monoisotopic (exact) mass is 324 g/mol. The van der Waals surface area contributed by atoms with Crippen LogP contribution in [0.5, 0.6) is 0 Å². The Hall–Kier alpha value is -1.10. The molecule has 5 heteroatoms. The molecule has 1 aliphatic carbocycles. The third-order valence-electron chi connectivity index (χ3n) is 4.89. The number of carbonyl (C=O) groups is 2. The first-order valence-corrected chi connectivity index (χ1v) is 9.08. The first kappa shape index (κ1) is 18.2. The van der Waals surface area contributed by atoms with Gasteiger partial charge in [-0.1, -0.05) is 0 Å². The Labute approximate surface area is 140 Å². The van der Waals surface area contributed by atoms with Gasteiger partial charge in [-0.25, -0.2) is 0 Å². The van der Waals surface area contributed by atoms with Gasteiger partial charge in [0.05, 0.1) is 13.0 Å². The zero-order valence-corrected chi connectivity index (χ0v) is 14.9. The first-order valence-electron chi connectivity index (χ1n) is 9.08. The lowest BCUT2D eigenvalue weighted by Gasteiger charge is -2.34. The van der Waals surface area contributed by atoms with Crippen molar-refractivity contribution in [3.8, 4) is 0 Å². The number of esters is 1. The van der Waals surface area contributed by atoms with Crippen molar-refractivity contribution >= 4 is 11.9 Å². The van der Waals surface area contributed by atoms with Crippen LogP contribution in [0.15, 0.2) is 0 Å². The highest BCUT2D eigenvalue weighted by Crippen LogP contribution is 2.33. The number of ether oxygens (including phenoxy) is 1. The normalized spacial score (nSPS) is 19.7. The number of amides is 1. The van der Waals surface area contributed by atoms with Crippen LogP contribution in [-0.2, 0) is 14.3 Å². The summed E-state index contributed by atoms with van der Waals surface area (Å²) in [6, 6.07) is 0. The van der Waals surface area contributed by atoms with E-state index in [0.717, 1.165) is 38.9 Å². The third-order valence-corrected chi connectivity index (χ3v) is 4.89. The highest BCUT2D eigenvalue weighted by molar-refractivity contribution is 5.76. The number of nitrogens with one attached hydrogen (secondary N) is 1. The summed E-state index contributed by atoms with van der Waals surface area (Å²) in [6.45, 7) is 9.01. The van der Waals surface area contributed by atoms with Crippen molar-refractivity contribution in [1.82, 2.24) is 10.2 Å². The lowest BCUT2D eigenvalue weighted by molar-refractivity contribution is -0.144. The number of nitrogens with zero attached hydrogens (tertiary/aromatic N) is 1. The number of piperidine rings is 1. The molecule has 2 aliphatic rings. The van der Waals surface area contributed by atoms with Crippen molar-refractivity contribution in [3.63, 3.8) is 0 Å². The van der Waals surface area contributed by atoms with Crippen LogP contribution in [0.2, 0.25) is 0 Å². The molecule has 0 aromatic rings. The molecule has 1 heterocycles. The van der Waals surface area contributed by atoms with Gasteiger partial charge in [0.25, 0.3) is 0 Å². The average Bonchev–Trinajstić information content (AvgIpc) is 3.29. The third kappa shape index (κ3) is 6.50. The van der Waals surface area contributed by atoms with Crippen LogP contribution >= 0.6 is 0 Å². The first-order chi connectivity index (χ1) is 10.9. The summed E-state index contributed by atoms with van der Waals surface area (Å²) in [6.07, 6.45) is 5.73. The second kappa shape index (κ2) is 8.13. The van der Waals surface area contributed by atoms with E-state index in [1.165, 1.54) is 12.8 Å². The smallest absolute Gasteiger partial charge is 0.307 e. The number of carbonyl (C=O) groups excluding carboxylic acids is 2. The molecule has 0 spiro atoms. The van der Waals surface area contributed by atoms with Gasteiger partial charge < -0.3 is 15.0 Å². The van der Waals surface area contributed by atoms with Crippen LogP contribution in [0.25, 0.3) is 0 Å². The van der Waals surface area contributed by atoms with E-state index in [2.05, 4.69) is 5.32 Å². The zero-order valence-electron chi connectivity index (χ0n) is 14.9. The molecule has 0 unspecified atom stereocenters. The fourth-order valence-electron chi connectivity index (χ4n) is 3.14. The summed E-state index contributed by atoms with van der Waals surface area (Å²) in [5.74, 6) is 1.46. The fraction of sp³-hybridized carbons (Fsp3) is 0.889. The van der Waals surface area contributed by atoms with Crippen LogP contribution < -0.4 is 5.32 Å². The zero-order chi connectivity index (χ0) is 16.9. The van der Waals surface area contributed by atoms with Crippen LogP contribution in [0.4, 0.5) is 0 Å². The minimum absolute atomic E-state index is 0.148. The van der Waals surface area contributed by atoms with Gasteiger partial charge in [-0.15, -0.1) is 0 Å². The largest absolute Gasteiger partial charge is 0.466 e. The van der Waals surface area contributed by atoms with E-state index in [1.54, 1.807) is 0 Å². The molecule has 132 valence electrons. The topological polar surface area (TPSA) is 58.6 Å². The number of hydrogen-bond donors (Lipinski definition) is 1. The second-order valence-corrected chi connectivity index (χ2v) is 7.72. The maximum atomic E-state index is 12.1. The van der Waals surface area contributed by atoms with Crippen molar-refractivity contribution in [2.45, 2.75) is 64.8 Å². The summed E-state index contributed by atoms with van der Waals surface area (Å²) < 4.78 is 5.02. The Morgan fingerprint density at radius 1 is 1.13 bits per heavy atom. The molecule has 0 bridgehead atoms. The van der Waals surface area contributed by atoms with Gasteiger partial charge in [-0.2, -0.15) is 0 Å². The molecule has 1 amide bonds. The van der Waals surface area contributed by atoms with Crippen molar-refractivity contribution in [1.29, 1.82) is 0 Å². The highest BCUT2D eigenvalue weighted by atomic mass is 16.5. The van der Waals surface area contributed by atoms with Gasteiger partial charge in [0.2, 0.25) is 5.91 Å². The molecule has 2 fully saturated rings. The quantitative estimate of drug-likeness (QED) is 0.696. The van der Waals surface area contributed by atoms with Gasteiger partial charge in [0.1, 0.15) is 0 Å². The molecular weight excluding hydrogens is 292 g/mol. The fourth-order valence-corrected chi connectivity index (χ4v) is 3.14. The van der Waals surface area contributed by atoms with Crippen molar-refractivity contribution in [2.75, 3.05) is 26.2 Å². The minimum atomic E-state index is -0.245. The Bertz CT molecular complexity index is 410. The molecule has 0 atom stereocenters. The molecule has 1 aliphatic heterocycles. The molecule has 5 nitrogen and oxygen atoms in total. The lowest BCUT2D eigenvalue weighted by atomic mass is 9.93. The Morgan fingerprint density at radius 2 is 1.78 bits per heavy atom. The lowest BCUT2D eigenvalue weighted by Crippen LogP contribution is -2.46. The van der Waals surface area contributed by atoms with E-state index >= 15 is 0 Å². The molecule has 0 aromatic heterocycles. The van der Waals surface area contributed by atoms with E-state index in [-0.39, 0.29) is 11.5 Å². The SMILES string of the molecule is CCOC(=O)CC(C)(C)NCC1CCN(C(=O)CC2CC2)CC1. The molecule has 0 aromatic carbocycles. The van der Waals surface area contributed by atoms with Gasteiger partial charge in [0.15, 0.2) is 0 Å². The summed E-state index contributed by atoms with van der Waals surface area (Å²) in [5, 5.41) is 3.50. The van der Waals surface area contributed by atoms with E-state index in [4.69, 9.17) is 4.74 Å². The minimum Gasteiger partial charge on any atom is -0.466 e. The van der Waals surface area contributed by atoms with Crippen LogP contribution in [0, 0.1) is 11.8 Å². The summed E-state index contributed by atoms with van der Waals surface area (Å²) in [4.78, 5) is 25.8. The maximum absolute atomic E-state index is 12.1. The molecule has 2 rings (SSSR count). The highest BCUT2D eigenvalue weighted by Gasteiger charge is 2.30. The molecule has 23 heavy (non-hydrogen) atoms. The van der Waals surface area contributed by atoms with Crippen LogP contribution in [0.3, 0.4) is 0 Å². The van der Waals surface area contributed by atoms with E-state index < -0.39 is 0 Å². The number of likely N-dealkylation sites (tertiary alicyclic amines) is 1. The van der Waals surface area contributed by atoms with E-state index in [1.807, 2.05) is 25.7 Å². The van der Waals surface area contributed by atoms with Crippen molar-refractivity contribution < 1.29 is 14.3 Å². The average molecular weight is 324 g/mol. The summed E-state index contributed by atoms with van der Waals surface area (Å²) >= 11 is 0. The molecule has 1 saturated carbocycles. The predicted molar refractivity (Wildman–Crippen MR) is 90.0 cm³/mol. The molecule has 0 radical (unpaired) electrons. The van der Waals surface area contributed by atoms with Gasteiger partial charge in [-0.05, 0) is 64.8 Å². The van der Waals surface area contributed by atoms with Crippen LogP contribution in [0.1, 0.15) is 59.3 Å². The predicted octanol–water partition coefficient (Wildman–Crippen LogP) is 2.35. The summed E-state index contributed by atoms with van der Waals surface area (Å²) in [7, 11) is 0. The second-order valence-electron chi connectivity index (χ2n) is 7.72.